The maximum absolute atomic E-state index is 13.0. The van der Waals surface area contributed by atoms with Crippen LogP contribution in [0.1, 0.15) is 38.8 Å². The topological polar surface area (TPSA) is 265 Å². The molecule has 0 fully saturated rings. The van der Waals surface area contributed by atoms with Gasteiger partial charge in [-0.25, -0.2) is 9.78 Å². The lowest BCUT2D eigenvalue weighted by Crippen LogP contribution is -2.58. The van der Waals surface area contributed by atoms with Crippen molar-refractivity contribution in [1.29, 1.82) is 0 Å². The summed E-state index contributed by atoms with van der Waals surface area (Å²) in [6.45, 7) is 3.44. The first kappa shape index (κ1) is 29.0. The molecule has 5 amide bonds. The van der Waals surface area contributed by atoms with E-state index >= 15 is 0 Å². The number of imidazole rings is 1. The van der Waals surface area contributed by atoms with Gasteiger partial charge in [0.05, 0.1) is 18.8 Å². The molecule has 0 bridgehead atoms. The van der Waals surface area contributed by atoms with E-state index in [9.17, 15) is 33.9 Å². The Kier molecular flexibility index (Phi) is 11.3. The van der Waals surface area contributed by atoms with Crippen LogP contribution >= 0.6 is 0 Å². The standard InChI is InChI=1S/C20H32N8O7/c1-9(2)16(23)19(33)28-12(5-10-7-24-8-25-10)17(31)27-13(6-15(22)30)18(32)26-11(20(34)35)3-4-14(21)29/h7-9,11-13,16H,3-6,23H2,1-2H3,(H2,21,29)(H2,22,30)(H,24,25)(H,26,32)(H,27,31)(H,28,33)(H,34,35). The minimum atomic E-state index is -1.56. The number of nitrogens with one attached hydrogen (secondary N) is 4. The first-order valence-electron chi connectivity index (χ1n) is 10.7. The number of amides is 5. The summed E-state index contributed by atoms with van der Waals surface area (Å²) in [6.07, 6.45) is 1.46. The number of aromatic nitrogens is 2. The molecule has 0 aromatic carbocycles. The van der Waals surface area contributed by atoms with E-state index in [1.165, 1.54) is 12.5 Å². The van der Waals surface area contributed by atoms with Gasteiger partial charge in [-0.05, 0) is 12.3 Å². The molecule has 0 radical (unpaired) electrons. The molecule has 0 aliphatic carbocycles. The lowest BCUT2D eigenvalue weighted by molar-refractivity contribution is -0.142. The van der Waals surface area contributed by atoms with Crippen molar-refractivity contribution in [2.45, 2.75) is 63.7 Å². The van der Waals surface area contributed by atoms with Crippen LogP contribution in [0.15, 0.2) is 12.5 Å². The highest BCUT2D eigenvalue weighted by molar-refractivity contribution is 5.96. The maximum Gasteiger partial charge on any atom is 0.326 e. The number of aromatic amines is 1. The zero-order valence-electron chi connectivity index (χ0n) is 19.4. The molecule has 15 heteroatoms. The highest BCUT2D eigenvalue weighted by Gasteiger charge is 2.32. The number of carboxylic acids is 1. The van der Waals surface area contributed by atoms with Gasteiger partial charge in [0.1, 0.15) is 18.1 Å². The molecule has 1 heterocycles. The van der Waals surface area contributed by atoms with Crippen LogP contribution in [0.25, 0.3) is 0 Å². The number of carbonyl (C=O) groups excluding carboxylic acids is 5. The van der Waals surface area contributed by atoms with Crippen LogP contribution in [0.4, 0.5) is 0 Å². The Labute approximate surface area is 200 Å². The van der Waals surface area contributed by atoms with E-state index in [1.807, 2.05) is 0 Å². The van der Waals surface area contributed by atoms with Gasteiger partial charge in [-0.1, -0.05) is 13.8 Å². The van der Waals surface area contributed by atoms with Crippen molar-refractivity contribution in [3.63, 3.8) is 0 Å². The van der Waals surface area contributed by atoms with Crippen molar-refractivity contribution in [2.75, 3.05) is 0 Å². The third-order valence-corrected chi connectivity index (χ3v) is 4.97. The van der Waals surface area contributed by atoms with Crippen molar-refractivity contribution < 1.29 is 33.9 Å². The number of carbonyl (C=O) groups is 6. The number of aliphatic carboxylic acids is 1. The van der Waals surface area contributed by atoms with Gasteiger partial charge >= 0.3 is 5.97 Å². The molecule has 194 valence electrons. The molecule has 0 aliphatic heterocycles. The second-order valence-electron chi connectivity index (χ2n) is 8.25. The van der Waals surface area contributed by atoms with Crippen LogP contribution in [-0.2, 0) is 35.2 Å². The van der Waals surface area contributed by atoms with Crippen LogP contribution in [-0.4, -0.2) is 74.7 Å². The number of nitrogens with zero attached hydrogens (tertiary/aromatic N) is 1. The molecule has 1 aromatic rings. The van der Waals surface area contributed by atoms with E-state index in [0.717, 1.165) is 0 Å². The molecule has 0 spiro atoms. The van der Waals surface area contributed by atoms with E-state index in [1.54, 1.807) is 13.8 Å². The van der Waals surface area contributed by atoms with Crippen molar-refractivity contribution >= 4 is 35.5 Å². The SMILES string of the molecule is CC(C)C(N)C(=O)NC(Cc1cnc[nH]1)C(=O)NC(CC(N)=O)C(=O)NC(CCC(N)=O)C(=O)O. The number of hydrogen-bond acceptors (Lipinski definition) is 8. The third kappa shape index (κ3) is 10.2. The molecule has 0 saturated heterocycles. The molecule has 15 nitrogen and oxygen atoms in total. The summed E-state index contributed by atoms with van der Waals surface area (Å²) in [5.41, 5.74) is 16.5. The second-order valence-corrected chi connectivity index (χ2v) is 8.25. The van der Waals surface area contributed by atoms with Crippen LogP contribution in [0.3, 0.4) is 0 Å². The Balaban J connectivity index is 3.06. The van der Waals surface area contributed by atoms with Gasteiger partial charge in [0.25, 0.3) is 0 Å². The summed E-state index contributed by atoms with van der Waals surface area (Å²) in [5, 5.41) is 16.3. The average molecular weight is 497 g/mol. The molecule has 4 unspecified atom stereocenters. The lowest BCUT2D eigenvalue weighted by Gasteiger charge is -2.25. The van der Waals surface area contributed by atoms with E-state index in [4.69, 9.17) is 17.2 Å². The third-order valence-electron chi connectivity index (χ3n) is 4.97. The zero-order valence-corrected chi connectivity index (χ0v) is 19.4. The van der Waals surface area contributed by atoms with E-state index in [2.05, 4.69) is 25.9 Å². The van der Waals surface area contributed by atoms with Gasteiger partial charge in [-0.15, -0.1) is 0 Å². The van der Waals surface area contributed by atoms with Crippen LogP contribution < -0.4 is 33.2 Å². The Hall–Kier alpha value is -4.01. The molecule has 0 saturated carbocycles. The van der Waals surface area contributed by atoms with Gasteiger partial charge in [0, 0.05) is 24.7 Å². The molecule has 4 atom stereocenters. The number of rotatable bonds is 15. The first-order valence-corrected chi connectivity index (χ1v) is 10.7. The van der Waals surface area contributed by atoms with Gasteiger partial charge in [-0.2, -0.15) is 0 Å². The lowest BCUT2D eigenvalue weighted by atomic mass is 10.0. The molecule has 1 rings (SSSR count). The fourth-order valence-corrected chi connectivity index (χ4v) is 2.90. The van der Waals surface area contributed by atoms with Crippen LogP contribution in [0.5, 0.6) is 0 Å². The van der Waals surface area contributed by atoms with Crippen LogP contribution in [0.2, 0.25) is 0 Å². The molecular weight excluding hydrogens is 464 g/mol. The predicted octanol–water partition coefficient (Wildman–Crippen LogP) is -3.38. The number of carboxylic acid groups (broad SMARTS) is 1. The van der Waals surface area contributed by atoms with Crippen molar-refractivity contribution in [1.82, 2.24) is 25.9 Å². The number of hydrogen-bond donors (Lipinski definition) is 8. The van der Waals surface area contributed by atoms with Gasteiger partial charge in [0.2, 0.25) is 29.5 Å². The van der Waals surface area contributed by atoms with E-state index in [-0.39, 0.29) is 25.2 Å². The summed E-state index contributed by atoms with van der Waals surface area (Å²) in [7, 11) is 0. The molecule has 11 N–H and O–H groups in total. The second kappa shape index (κ2) is 13.6. The van der Waals surface area contributed by atoms with Crippen molar-refractivity contribution in [3.05, 3.63) is 18.2 Å². The molecular formula is C20H32N8O7. The molecule has 35 heavy (non-hydrogen) atoms. The largest absolute Gasteiger partial charge is 0.480 e. The van der Waals surface area contributed by atoms with Crippen molar-refractivity contribution in [3.8, 4) is 0 Å². The maximum atomic E-state index is 13.0. The number of nitrogens with two attached hydrogens (primary N) is 3. The van der Waals surface area contributed by atoms with Crippen LogP contribution in [0, 0.1) is 5.92 Å². The fraction of sp³-hybridized carbons (Fsp3) is 0.550. The summed E-state index contributed by atoms with van der Waals surface area (Å²) in [6, 6.07) is -5.21. The molecule has 1 aromatic heterocycles. The summed E-state index contributed by atoms with van der Waals surface area (Å²) in [4.78, 5) is 78.7. The Bertz CT molecular complexity index is 919. The normalized spacial score (nSPS) is 14.3. The minimum absolute atomic E-state index is 0.0519. The van der Waals surface area contributed by atoms with Gasteiger partial charge < -0.3 is 43.2 Å². The van der Waals surface area contributed by atoms with Gasteiger partial charge in [-0.3, -0.25) is 24.0 Å². The highest BCUT2D eigenvalue weighted by Crippen LogP contribution is 2.05. The number of H-pyrrole nitrogens is 1. The van der Waals surface area contributed by atoms with Crippen molar-refractivity contribution in [2.24, 2.45) is 23.1 Å². The summed E-state index contributed by atoms with van der Waals surface area (Å²) in [5.74, 6) is -5.90. The average Bonchev–Trinajstić information content (AvgIpc) is 3.27. The predicted molar refractivity (Wildman–Crippen MR) is 121 cm³/mol. The minimum Gasteiger partial charge on any atom is -0.480 e. The molecule has 0 aliphatic rings. The Morgan fingerprint density at radius 3 is 2.00 bits per heavy atom. The zero-order chi connectivity index (χ0) is 26.7. The Morgan fingerprint density at radius 2 is 1.51 bits per heavy atom. The van der Waals surface area contributed by atoms with Gasteiger partial charge in [0.15, 0.2) is 0 Å². The first-order chi connectivity index (χ1) is 16.3. The summed E-state index contributed by atoms with van der Waals surface area (Å²) >= 11 is 0. The quantitative estimate of drug-likeness (QED) is 0.120. The fourth-order valence-electron chi connectivity index (χ4n) is 2.90. The number of primary amides is 2. The monoisotopic (exact) mass is 496 g/mol. The highest BCUT2D eigenvalue weighted by atomic mass is 16.4. The summed E-state index contributed by atoms with van der Waals surface area (Å²) < 4.78 is 0. The van der Waals surface area contributed by atoms with E-state index in [0.29, 0.717) is 5.69 Å². The van der Waals surface area contributed by atoms with E-state index < -0.39 is 66.1 Å². The Morgan fingerprint density at radius 1 is 0.943 bits per heavy atom. The smallest absolute Gasteiger partial charge is 0.326 e.